The van der Waals surface area contributed by atoms with Crippen molar-refractivity contribution >= 4 is 17.5 Å². The van der Waals surface area contributed by atoms with Crippen molar-refractivity contribution in [1.29, 1.82) is 0 Å². The zero-order chi connectivity index (χ0) is 15.2. The van der Waals surface area contributed by atoms with Crippen molar-refractivity contribution < 1.29 is 4.79 Å². The van der Waals surface area contributed by atoms with Crippen molar-refractivity contribution in [3.63, 3.8) is 0 Å². The first-order chi connectivity index (χ1) is 10.0. The molecule has 2 amide bonds. The van der Waals surface area contributed by atoms with Gasteiger partial charge in [-0.2, -0.15) is 0 Å². The number of amides is 2. The third-order valence-corrected chi connectivity index (χ3v) is 2.89. The Morgan fingerprint density at radius 2 is 2.24 bits per heavy atom. The first-order valence-corrected chi connectivity index (χ1v) is 6.71. The minimum absolute atomic E-state index is 0.00629. The van der Waals surface area contributed by atoms with Crippen molar-refractivity contribution in [3.05, 3.63) is 37.1 Å². The predicted molar refractivity (Wildman–Crippen MR) is 82.4 cm³/mol. The topological polar surface area (TPSA) is 75.1 Å². The van der Waals surface area contributed by atoms with E-state index in [0.717, 1.165) is 5.82 Å². The van der Waals surface area contributed by atoms with E-state index in [9.17, 15) is 4.79 Å². The third kappa shape index (κ3) is 4.48. The highest BCUT2D eigenvalue weighted by Crippen LogP contribution is 2.11. The van der Waals surface area contributed by atoms with E-state index in [0.29, 0.717) is 12.2 Å². The van der Waals surface area contributed by atoms with Crippen molar-refractivity contribution in [2.75, 3.05) is 24.3 Å². The van der Waals surface area contributed by atoms with E-state index in [4.69, 9.17) is 0 Å². The summed E-state index contributed by atoms with van der Waals surface area (Å²) < 4.78 is 1.92. The van der Waals surface area contributed by atoms with Gasteiger partial charge in [-0.05, 0) is 19.1 Å². The Bertz CT molecular complexity index is 564. The molecule has 0 aromatic carbocycles. The molecule has 0 radical (unpaired) electrons. The third-order valence-electron chi connectivity index (χ3n) is 2.89. The Hall–Kier alpha value is -2.57. The maximum absolute atomic E-state index is 11.9. The average molecular weight is 288 g/mol. The van der Waals surface area contributed by atoms with Crippen LogP contribution in [0.2, 0.25) is 0 Å². The van der Waals surface area contributed by atoms with Gasteiger partial charge < -0.3 is 20.1 Å². The van der Waals surface area contributed by atoms with Crippen LogP contribution in [0.25, 0.3) is 0 Å². The fraction of sp³-hybridized carbons (Fsp3) is 0.357. The minimum atomic E-state index is -0.248. The lowest BCUT2D eigenvalue weighted by molar-refractivity contribution is 0.248. The monoisotopic (exact) mass is 288 g/mol. The number of urea groups is 1. The molecule has 1 atom stereocenters. The summed E-state index contributed by atoms with van der Waals surface area (Å²) in [7, 11) is 3.83. The van der Waals surface area contributed by atoms with Gasteiger partial charge in [-0.3, -0.25) is 0 Å². The molecule has 2 aromatic rings. The second kappa shape index (κ2) is 6.74. The number of imidazole rings is 1. The number of nitrogens with zero attached hydrogens (tertiary/aromatic N) is 4. The number of aromatic nitrogens is 3. The van der Waals surface area contributed by atoms with Gasteiger partial charge in [0.05, 0.1) is 18.2 Å². The van der Waals surface area contributed by atoms with Crippen LogP contribution in [0.3, 0.4) is 0 Å². The van der Waals surface area contributed by atoms with Gasteiger partial charge in [-0.1, -0.05) is 0 Å². The van der Waals surface area contributed by atoms with Crippen LogP contribution in [0.5, 0.6) is 0 Å². The lowest BCUT2D eigenvalue weighted by Gasteiger charge is -2.15. The normalized spacial score (nSPS) is 11.8. The van der Waals surface area contributed by atoms with Crippen LogP contribution in [-0.2, 0) is 6.54 Å². The Morgan fingerprint density at radius 1 is 1.43 bits per heavy atom. The molecular weight excluding hydrogens is 268 g/mol. The van der Waals surface area contributed by atoms with Gasteiger partial charge in [0, 0.05) is 39.1 Å². The van der Waals surface area contributed by atoms with Crippen molar-refractivity contribution in [1.82, 2.24) is 19.9 Å². The van der Waals surface area contributed by atoms with Gasteiger partial charge in [-0.15, -0.1) is 0 Å². The first kappa shape index (κ1) is 14.8. The van der Waals surface area contributed by atoms with Gasteiger partial charge in [-0.25, -0.2) is 14.8 Å². The molecular formula is C14H20N6O. The number of anilines is 2. The van der Waals surface area contributed by atoms with Gasteiger partial charge in [0.15, 0.2) is 0 Å². The average Bonchev–Trinajstić information content (AvgIpc) is 2.91. The van der Waals surface area contributed by atoms with Crippen LogP contribution in [0.1, 0.15) is 6.92 Å². The van der Waals surface area contributed by atoms with E-state index in [-0.39, 0.29) is 12.1 Å². The maximum Gasteiger partial charge on any atom is 0.319 e. The summed E-state index contributed by atoms with van der Waals surface area (Å²) in [5.41, 5.74) is 0.660. The molecule has 0 aliphatic carbocycles. The first-order valence-electron chi connectivity index (χ1n) is 6.71. The summed E-state index contributed by atoms with van der Waals surface area (Å²) in [6.45, 7) is 2.61. The number of hydrogen-bond donors (Lipinski definition) is 2. The lowest BCUT2D eigenvalue weighted by Crippen LogP contribution is -2.38. The fourth-order valence-corrected chi connectivity index (χ4v) is 1.87. The van der Waals surface area contributed by atoms with E-state index in [1.54, 1.807) is 18.7 Å². The smallest absolute Gasteiger partial charge is 0.319 e. The lowest BCUT2D eigenvalue weighted by atomic mass is 10.3. The number of rotatable bonds is 5. The number of hydrogen-bond acceptors (Lipinski definition) is 4. The molecule has 0 fully saturated rings. The Kier molecular flexibility index (Phi) is 4.76. The maximum atomic E-state index is 11.9. The predicted octanol–water partition coefficient (Wildman–Crippen LogP) is 1.55. The van der Waals surface area contributed by atoms with Gasteiger partial charge >= 0.3 is 6.03 Å². The number of carbonyl (C=O) groups is 1. The van der Waals surface area contributed by atoms with Crippen LogP contribution in [0.15, 0.2) is 37.1 Å². The SMILES string of the molecule is C[C@H](Cn1ccnc1)NC(=O)Nc1ccc(N(C)C)nc1. The number of pyridine rings is 1. The Labute approximate surface area is 124 Å². The molecule has 0 spiro atoms. The van der Waals surface area contributed by atoms with E-state index >= 15 is 0 Å². The standard InChI is InChI=1S/C14H20N6O/c1-11(9-20-7-6-15-10-20)17-14(21)18-12-4-5-13(16-8-12)19(2)3/h4-8,10-11H,9H2,1-3H3,(H2,17,18,21)/t11-/m1/s1. The molecule has 0 saturated heterocycles. The van der Waals surface area contributed by atoms with Crippen molar-refractivity contribution in [2.45, 2.75) is 19.5 Å². The highest BCUT2D eigenvalue weighted by Gasteiger charge is 2.08. The van der Waals surface area contributed by atoms with Crippen molar-refractivity contribution in [2.24, 2.45) is 0 Å². The molecule has 0 bridgehead atoms. The minimum Gasteiger partial charge on any atom is -0.363 e. The molecule has 0 unspecified atom stereocenters. The second-order valence-electron chi connectivity index (χ2n) is 5.06. The van der Waals surface area contributed by atoms with E-state index < -0.39 is 0 Å². The summed E-state index contributed by atoms with van der Waals surface area (Å²) in [6.07, 6.45) is 6.93. The van der Waals surface area contributed by atoms with Crippen molar-refractivity contribution in [3.8, 4) is 0 Å². The molecule has 7 nitrogen and oxygen atoms in total. The largest absolute Gasteiger partial charge is 0.363 e. The second-order valence-corrected chi connectivity index (χ2v) is 5.06. The number of carbonyl (C=O) groups excluding carboxylic acids is 1. The summed E-state index contributed by atoms with van der Waals surface area (Å²) in [6, 6.07) is 3.42. The summed E-state index contributed by atoms with van der Waals surface area (Å²) in [5.74, 6) is 0.842. The summed E-state index contributed by atoms with van der Waals surface area (Å²) >= 11 is 0. The van der Waals surface area contributed by atoms with Gasteiger partial charge in [0.1, 0.15) is 5.82 Å². The molecule has 7 heteroatoms. The highest BCUT2D eigenvalue weighted by molar-refractivity contribution is 5.89. The van der Waals surface area contributed by atoms with E-state index in [1.165, 1.54) is 0 Å². The van der Waals surface area contributed by atoms with E-state index in [1.807, 2.05) is 48.8 Å². The van der Waals surface area contributed by atoms with Gasteiger partial charge in [0.25, 0.3) is 0 Å². The quantitative estimate of drug-likeness (QED) is 0.875. The summed E-state index contributed by atoms with van der Waals surface area (Å²) in [5, 5.41) is 5.63. The molecule has 0 aliphatic rings. The molecule has 2 N–H and O–H groups in total. The number of nitrogens with one attached hydrogen (secondary N) is 2. The van der Waals surface area contributed by atoms with Gasteiger partial charge in [0.2, 0.25) is 0 Å². The van der Waals surface area contributed by atoms with E-state index in [2.05, 4.69) is 20.6 Å². The zero-order valence-electron chi connectivity index (χ0n) is 12.4. The Balaban J connectivity index is 1.83. The molecule has 2 aromatic heterocycles. The fourth-order valence-electron chi connectivity index (χ4n) is 1.87. The van der Waals surface area contributed by atoms with Crippen LogP contribution < -0.4 is 15.5 Å². The molecule has 21 heavy (non-hydrogen) atoms. The van der Waals surface area contributed by atoms with Crippen LogP contribution in [-0.4, -0.2) is 40.7 Å². The van der Waals surface area contributed by atoms with Crippen LogP contribution in [0.4, 0.5) is 16.3 Å². The summed E-state index contributed by atoms with van der Waals surface area (Å²) in [4.78, 5) is 22.0. The highest BCUT2D eigenvalue weighted by atomic mass is 16.2. The van der Waals surface area contributed by atoms with Crippen LogP contribution >= 0.6 is 0 Å². The zero-order valence-corrected chi connectivity index (χ0v) is 12.4. The van der Waals surface area contributed by atoms with Crippen LogP contribution in [0, 0.1) is 0 Å². The molecule has 112 valence electrons. The molecule has 2 heterocycles. The Morgan fingerprint density at radius 3 is 2.81 bits per heavy atom. The molecule has 0 aliphatic heterocycles. The molecule has 2 rings (SSSR count). The molecule has 0 saturated carbocycles.